The van der Waals surface area contributed by atoms with Crippen LogP contribution in [0, 0.1) is 6.92 Å². The monoisotopic (exact) mass is 370 g/mol. The van der Waals surface area contributed by atoms with Gasteiger partial charge < -0.3 is 9.73 Å². The van der Waals surface area contributed by atoms with Crippen LogP contribution in [0.1, 0.15) is 21.7 Å². The van der Waals surface area contributed by atoms with E-state index in [1.165, 1.54) is 24.5 Å². The standard InChI is InChI=1S/C19H18N2O4S/c1-14-7-9-16(10-8-14)21-19(22)15-4-2-6-18(12-15)26(23,24)20-13-17-5-3-11-25-17/h2-12,20H,13H2,1H3,(H,21,22). The largest absolute Gasteiger partial charge is 0.468 e. The van der Waals surface area contributed by atoms with Gasteiger partial charge in [0.2, 0.25) is 10.0 Å². The van der Waals surface area contributed by atoms with Gasteiger partial charge in [0.25, 0.3) is 5.91 Å². The molecule has 0 unspecified atom stereocenters. The Morgan fingerprint density at radius 1 is 1.04 bits per heavy atom. The highest BCUT2D eigenvalue weighted by atomic mass is 32.2. The number of carbonyl (C=O) groups is 1. The average molecular weight is 370 g/mol. The first-order chi connectivity index (χ1) is 12.4. The number of anilines is 1. The Balaban J connectivity index is 1.74. The topological polar surface area (TPSA) is 88.4 Å². The first kappa shape index (κ1) is 17.9. The lowest BCUT2D eigenvalue weighted by molar-refractivity contribution is 0.102. The number of nitrogens with one attached hydrogen (secondary N) is 2. The molecule has 2 aromatic carbocycles. The number of rotatable bonds is 6. The maximum atomic E-state index is 12.4. The summed E-state index contributed by atoms with van der Waals surface area (Å²) in [6, 6.07) is 16.6. The molecule has 0 bridgehead atoms. The molecule has 6 nitrogen and oxygen atoms in total. The first-order valence-corrected chi connectivity index (χ1v) is 9.42. The molecular formula is C19H18N2O4S. The molecule has 1 heterocycles. The van der Waals surface area contributed by atoms with E-state index in [0.29, 0.717) is 11.4 Å². The van der Waals surface area contributed by atoms with Crippen LogP contribution in [0.3, 0.4) is 0 Å². The van der Waals surface area contributed by atoms with Crippen LogP contribution in [0.5, 0.6) is 0 Å². The van der Waals surface area contributed by atoms with Gasteiger partial charge in [-0.15, -0.1) is 0 Å². The van der Waals surface area contributed by atoms with Gasteiger partial charge in [0, 0.05) is 11.3 Å². The Morgan fingerprint density at radius 2 is 1.81 bits per heavy atom. The zero-order valence-corrected chi connectivity index (χ0v) is 14.9. The lowest BCUT2D eigenvalue weighted by atomic mass is 10.2. The summed E-state index contributed by atoms with van der Waals surface area (Å²) in [6.45, 7) is 1.99. The van der Waals surface area contributed by atoms with Gasteiger partial charge in [0.05, 0.1) is 17.7 Å². The predicted octanol–water partition coefficient (Wildman–Crippen LogP) is 3.32. The second kappa shape index (κ2) is 7.55. The van der Waals surface area contributed by atoms with Crippen molar-refractivity contribution >= 4 is 21.6 Å². The van der Waals surface area contributed by atoms with Crippen LogP contribution in [-0.4, -0.2) is 14.3 Å². The molecule has 7 heteroatoms. The molecule has 0 aliphatic heterocycles. The molecule has 0 saturated heterocycles. The fourth-order valence-corrected chi connectivity index (χ4v) is 3.35. The molecule has 26 heavy (non-hydrogen) atoms. The number of aryl methyl sites for hydroxylation is 1. The Kier molecular flexibility index (Phi) is 5.20. The molecule has 0 aliphatic carbocycles. The molecule has 0 fully saturated rings. The summed E-state index contributed by atoms with van der Waals surface area (Å²) in [5.41, 5.74) is 1.98. The van der Waals surface area contributed by atoms with Crippen LogP contribution >= 0.6 is 0 Å². The molecule has 0 aliphatic rings. The summed E-state index contributed by atoms with van der Waals surface area (Å²) < 4.78 is 32.4. The highest BCUT2D eigenvalue weighted by Gasteiger charge is 2.16. The maximum Gasteiger partial charge on any atom is 0.255 e. The Hall–Kier alpha value is -2.90. The zero-order valence-electron chi connectivity index (χ0n) is 14.1. The van der Waals surface area contributed by atoms with E-state index in [2.05, 4.69) is 10.0 Å². The second-order valence-corrected chi connectivity index (χ2v) is 7.52. The van der Waals surface area contributed by atoms with Crippen molar-refractivity contribution in [1.29, 1.82) is 0 Å². The minimum absolute atomic E-state index is 0.0145. The molecule has 1 aromatic heterocycles. The fraction of sp³-hybridized carbons (Fsp3) is 0.105. The van der Waals surface area contributed by atoms with E-state index in [1.807, 2.05) is 19.1 Å². The number of carbonyl (C=O) groups excluding carboxylic acids is 1. The summed E-state index contributed by atoms with van der Waals surface area (Å²) in [5, 5.41) is 2.75. The molecule has 0 atom stereocenters. The number of amides is 1. The fourth-order valence-electron chi connectivity index (χ4n) is 2.31. The third-order valence-corrected chi connectivity index (χ3v) is 5.13. The van der Waals surface area contributed by atoms with Crippen LogP contribution in [0.15, 0.2) is 76.2 Å². The van der Waals surface area contributed by atoms with E-state index >= 15 is 0 Å². The van der Waals surface area contributed by atoms with E-state index in [-0.39, 0.29) is 22.9 Å². The van der Waals surface area contributed by atoms with Gasteiger partial charge in [-0.3, -0.25) is 4.79 Å². The third kappa shape index (κ3) is 4.38. The smallest absolute Gasteiger partial charge is 0.255 e. The normalized spacial score (nSPS) is 11.3. The zero-order chi connectivity index (χ0) is 18.6. The highest BCUT2D eigenvalue weighted by Crippen LogP contribution is 2.15. The van der Waals surface area contributed by atoms with Crippen molar-refractivity contribution in [3.8, 4) is 0 Å². The summed E-state index contributed by atoms with van der Waals surface area (Å²) in [5.74, 6) is 0.124. The molecule has 0 spiro atoms. The lowest BCUT2D eigenvalue weighted by Gasteiger charge is -2.09. The molecule has 3 aromatic rings. The lowest BCUT2D eigenvalue weighted by Crippen LogP contribution is -2.23. The van der Waals surface area contributed by atoms with Gasteiger partial charge in [-0.25, -0.2) is 13.1 Å². The number of hydrogen-bond donors (Lipinski definition) is 2. The quantitative estimate of drug-likeness (QED) is 0.697. The van der Waals surface area contributed by atoms with Gasteiger partial charge in [-0.05, 0) is 49.4 Å². The number of furan rings is 1. The van der Waals surface area contributed by atoms with Crippen molar-refractivity contribution in [2.75, 3.05) is 5.32 Å². The van der Waals surface area contributed by atoms with E-state index in [9.17, 15) is 13.2 Å². The van der Waals surface area contributed by atoms with E-state index < -0.39 is 10.0 Å². The first-order valence-electron chi connectivity index (χ1n) is 7.94. The van der Waals surface area contributed by atoms with Gasteiger partial charge in [-0.1, -0.05) is 23.8 Å². The summed E-state index contributed by atoms with van der Waals surface area (Å²) >= 11 is 0. The number of sulfonamides is 1. The summed E-state index contributed by atoms with van der Waals surface area (Å²) in [4.78, 5) is 12.4. The van der Waals surface area contributed by atoms with E-state index in [0.717, 1.165) is 5.56 Å². The minimum atomic E-state index is -3.76. The third-order valence-electron chi connectivity index (χ3n) is 3.73. The van der Waals surface area contributed by atoms with Crippen LogP contribution < -0.4 is 10.0 Å². The number of hydrogen-bond acceptors (Lipinski definition) is 4. The molecule has 134 valence electrons. The van der Waals surface area contributed by atoms with Crippen LogP contribution in [0.4, 0.5) is 5.69 Å². The van der Waals surface area contributed by atoms with Crippen molar-refractivity contribution in [1.82, 2.24) is 4.72 Å². The van der Waals surface area contributed by atoms with Crippen molar-refractivity contribution in [2.45, 2.75) is 18.4 Å². The molecule has 1 amide bonds. The van der Waals surface area contributed by atoms with Gasteiger partial charge in [0.1, 0.15) is 5.76 Å². The van der Waals surface area contributed by atoms with Gasteiger partial charge in [0.15, 0.2) is 0 Å². The SMILES string of the molecule is Cc1ccc(NC(=O)c2cccc(S(=O)(=O)NCc3ccco3)c2)cc1. The van der Waals surface area contributed by atoms with Crippen LogP contribution in [0.25, 0.3) is 0 Å². The average Bonchev–Trinajstić information content (AvgIpc) is 3.16. The molecule has 3 rings (SSSR count). The van der Waals surface area contributed by atoms with Gasteiger partial charge in [-0.2, -0.15) is 0 Å². The molecular weight excluding hydrogens is 352 g/mol. The second-order valence-electron chi connectivity index (χ2n) is 5.75. The maximum absolute atomic E-state index is 12.4. The minimum Gasteiger partial charge on any atom is -0.468 e. The summed E-state index contributed by atoms with van der Waals surface area (Å²) in [6.07, 6.45) is 1.47. The van der Waals surface area contributed by atoms with E-state index in [1.54, 1.807) is 30.3 Å². The Labute approximate surface area is 151 Å². The Bertz CT molecular complexity index is 994. The number of benzene rings is 2. The predicted molar refractivity (Wildman–Crippen MR) is 98.3 cm³/mol. The highest BCUT2D eigenvalue weighted by molar-refractivity contribution is 7.89. The van der Waals surface area contributed by atoms with Crippen molar-refractivity contribution in [2.24, 2.45) is 0 Å². The van der Waals surface area contributed by atoms with Crippen LogP contribution in [-0.2, 0) is 16.6 Å². The van der Waals surface area contributed by atoms with Crippen molar-refractivity contribution < 1.29 is 17.6 Å². The van der Waals surface area contributed by atoms with Crippen molar-refractivity contribution in [3.05, 3.63) is 83.8 Å². The van der Waals surface area contributed by atoms with Crippen molar-refractivity contribution in [3.63, 3.8) is 0 Å². The molecule has 2 N–H and O–H groups in total. The summed E-state index contributed by atoms with van der Waals surface area (Å²) in [7, 11) is -3.76. The van der Waals surface area contributed by atoms with Gasteiger partial charge >= 0.3 is 0 Å². The van der Waals surface area contributed by atoms with Crippen LogP contribution in [0.2, 0.25) is 0 Å². The Morgan fingerprint density at radius 3 is 2.50 bits per heavy atom. The van der Waals surface area contributed by atoms with E-state index in [4.69, 9.17) is 4.42 Å². The molecule has 0 radical (unpaired) electrons. The molecule has 0 saturated carbocycles.